The van der Waals surface area contributed by atoms with E-state index in [1.165, 1.54) is 0 Å². The van der Waals surface area contributed by atoms with Crippen LogP contribution < -0.4 is 0 Å². The molecule has 0 bridgehead atoms. The van der Waals surface area contributed by atoms with Crippen molar-refractivity contribution >= 4 is 21.8 Å². The van der Waals surface area contributed by atoms with E-state index in [2.05, 4.69) is 27.8 Å². The van der Waals surface area contributed by atoms with Crippen LogP contribution in [0.5, 0.6) is 0 Å². The van der Waals surface area contributed by atoms with Crippen LogP contribution in [0.1, 0.15) is 32.6 Å². The lowest BCUT2D eigenvalue weighted by Gasteiger charge is -2.42. The van der Waals surface area contributed by atoms with E-state index in [1.54, 1.807) is 0 Å². The first-order chi connectivity index (χ1) is 8.17. The van der Waals surface area contributed by atoms with Crippen molar-refractivity contribution in [2.24, 2.45) is 11.3 Å². The Morgan fingerprint density at radius 2 is 2.18 bits per heavy atom. The third-order valence-electron chi connectivity index (χ3n) is 4.16. The van der Waals surface area contributed by atoms with E-state index >= 15 is 0 Å². The van der Waals surface area contributed by atoms with Crippen LogP contribution in [-0.4, -0.2) is 42.4 Å². The summed E-state index contributed by atoms with van der Waals surface area (Å²) < 4.78 is 5.44. The molecule has 0 aromatic heterocycles. The Hall–Kier alpha value is -0.0900. The Bertz CT molecular complexity index is 277. The van der Waals surface area contributed by atoms with Gasteiger partial charge >= 0.3 is 0 Å². The minimum atomic E-state index is 0.218. The molecule has 0 N–H and O–H groups in total. The lowest BCUT2D eigenvalue weighted by Crippen LogP contribution is -2.48. The molecule has 1 amide bonds. The molecule has 1 atom stereocenters. The molecule has 3 nitrogen and oxygen atoms in total. The number of likely N-dealkylation sites (tertiary alicyclic amines) is 1. The number of piperidine rings is 1. The fraction of sp³-hybridized carbons (Fsp3) is 0.923. The standard InChI is InChI=1S/C13H22BrNO2/c1-11-3-2-6-15(12(11)16)10-13(9-14)4-7-17-8-5-13/h11H,2-10H2,1H3. The van der Waals surface area contributed by atoms with E-state index in [1.807, 2.05) is 0 Å². The Kier molecular flexibility index (Phi) is 4.47. The van der Waals surface area contributed by atoms with Crippen molar-refractivity contribution in [3.8, 4) is 0 Å². The third kappa shape index (κ3) is 3.02. The zero-order valence-corrected chi connectivity index (χ0v) is 12.2. The molecule has 2 heterocycles. The Morgan fingerprint density at radius 3 is 2.82 bits per heavy atom. The number of ether oxygens (including phenoxy) is 1. The van der Waals surface area contributed by atoms with Crippen molar-refractivity contribution in [2.75, 3.05) is 31.6 Å². The first-order valence-corrected chi connectivity index (χ1v) is 7.71. The van der Waals surface area contributed by atoms with Crippen molar-refractivity contribution in [3.05, 3.63) is 0 Å². The van der Waals surface area contributed by atoms with Crippen LogP contribution in [0.15, 0.2) is 0 Å². The van der Waals surface area contributed by atoms with Gasteiger partial charge in [0.1, 0.15) is 0 Å². The van der Waals surface area contributed by atoms with Crippen LogP contribution in [0, 0.1) is 11.3 Å². The molecule has 0 aromatic rings. The first-order valence-electron chi connectivity index (χ1n) is 6.59. The van der Waals surface area contributed by atoms with Crippen LogP contribution in [0.25, 0.3) is 0 Å². The summed E-state index contributed by atoms with van der Waals surface area (Å²) in [7, 11) is 0. The summed E-state index contributed by atoms with van der Waals surface area (Å²) >= 11 is 3.64. The smallest absolute Gasteiger partial charge is 0.225 e. The van der Waals surface area contributed by atoms with Crippen LogP contribution in [0.4, 0.5) is 0 Å². The molecule has 17 heavy (non-hydrogen) atoms. The molecular weight excluding hydrogens is 282 g/mol. The second-order valence-corrected chi connectivity index (χ2v) is 6.11. The second-order valence-electron chi connectivity index (χ2n) is 5.55. The van der Waals surface area contributed by atoms with Crippen molar-refractivity contribution in [1.82, 2.24) is 4.90 Å². The Morgan fingerprint density at radius 1 is 1.47 bits per heavy atom. The molecule has 2 aliphatic heterocycles. The molecule has 0 aliphatic carbocycles. The van der Waals surface area contributed by atoms with Gasteiger partial charge in [0.15, 0.2) is 0 Å². The van der Waals surface area contributed by atoms with Crippen LogP contribution in [0.2, 0.25) is 0 Å². The summed E-state index contributed by atoms with van der Waals surface area (Å²) in [6, 6.07) is 0. The van der Waals surface area contributed by atoms with Gasteiger partial charge in [-0.05, 0) is 25.7 Å². The van der Waals surface area contributed by atoms with Gasteiger partial charge in [0.2, 0.25) is 5.91 Å². The molecule has 2 fully saturated rings. The van der Waals surface area contributed by atoms with Crippen molar-refractivity contribution in [1.29, 1.82) is 0 Å². The maximum Gasteiger partial charge on any atom is 0.225 e. The summed E-state index contributed by atoms with van der Waals surface area (Å²) in [5.74, 6) is 0.569. The monoisotopic (exact) mass is 303 g/mol. The number of hydrogen-bond acceptors (Lipinski definition) is 2. The number of amides is 1. The summed E-state index contributed by atoms with van der Waals surface area (Å²) in [4.78, 5) is 14.2. The number of alkyl halides is 1. The van der Waals surface area contributed by atoms with E-state index in [4.69, 9.17) is 4.74 Å². The number of hydrogen-bond donors (Lipinski definition) is 0. The highest BCUT2D eigenvalue weighted by molar-refractivity contribution is 9.09. The molecule has 98 valence electrons. The maximum atomic E-state index is 12.1. The second kappa shape index (κ2) is 5.70. The van der Waals surface area contributed by atoms with Gasteiger partial charge in [-0.1, -0.05) is 22.9 Å². The molecule has 4 heteroatoms. The van der Waals surface area contributed by atoms with Crippen LogP contribution >= 0.6 is 15.9 Å². The van der Waals surface area contributed by atoms with Crippen LogP contribution in [-0.2, 0) is 9.53 Å². The molecule has 0 spiro atoms. The Labute approximate surface area is 112 Å². The lowest BCUT2D eigenvalue weighted by molar-refractivity contribution is -0.140. The van der Waals surface area contributed by atoms with Gasteiger partial charge < -0.3 is 9.64 Å². The highest BCUT2D eigenvalue weighted by Crippen LogP contribution is 2.34. The molecule has 0 saturated carbocycles. The average molecular weight is 304 g/mol. The number of nitrogens with zero attached hydrogens (tertiary/aromatic N) is 1. The topological polar surface area (TPSA) is 29.5 Å². The first kappa shape index (κ1) is 13.3. The van der Waals surface area contributed by atoms with Gasteiger partial charge in [0.05, 0.1) is 0 Å². The Balaban J connectivity index is 1.99. The predicted octanol–water partition coefficient (Wildman–Crippen LogP) is 2.44. The van der Waals surface area contributed by atoms with Gasteiger partial charge in [-0.3, -0.25) is 4.79 Å². The van der Waals surface area contributed by atoms with Gasteiger partial charge in [0.25, 0.3) is 0 Å². The molecule has 0 radical (unpaired) electrons. The van der Waals surface area contributed by atoms with Crippen LogP contribution in [0.3, 0.4) is 0 Å². The van der Waals surface area contributed by atoms with Gasteiger partial charge in [-0.25, -0.2) is 0 Å². The van der Waals surface area contributed by atoms with Crippen molar-refractivity contribution in [3.63, 3.8) is 0 Å². The van der Waals surface area contributed by atoms with Gasteiger partial charge in [-0.2, -0.15) is 0 Å². The number of carbonyl (C=O) groups excluding carboxylic acids is 1. The van der Waals surface area contributed by atoms with Crippen molar-refractivity contribution in [2.45, 2.75) is 32.6 Å². The number of halogens is 1. The molecule has 2 saturated heterocycles. The predicted molar refractivity (Wildman–Crippen MR) is 71.3 cm³/mol. The van der Waals surface area contributed by atoms with Gasteiger partial charge in [-0.15, -0.1) is 0 Å². The minimum Gasteiger partial charge on any atom is -0.381 e. The fourth-order valence-corrected chi connectivity index (χ4v) is 3.57. The average Bonchev–Trinajstić information content (AvgIpc) is 2.36. The molecular formula is C13H22BrNO2. The zero-order valence-electron chi connectivity index (χ0n) is 10.6. The summed E-state index contributed by atoms with van der Waals surface area (Å²) in [6.45, 7) is 5.58. The number of rotatable bonds is 3. The molecule has 1 unspecified atom stereocenters. The summed E-state index contributed by atoms with van der Waals surface area (Å²) in [5, 5.41) is 0.974. The van der Waals surface area contributed by atoms with E-state index in [-0.39, 0.29) is 11.3 Å². The van der Waals surface area contributed by atoms with E-state index in [9.17, 15) is 4.79 Å². The van der Waals surface area contributed by atoms with E-state index in [0.29, 0.717) is 5.91 Å². The SMILES string of the molecule is CC1CCCN(CC2(CBr)CCOCC2)C1=O. The molecule has 2 rings (SSSR count). The fourth-order valence-electron chi connectivity index (χ4n) is 2.83. The highest BCUT2D eigenvalue weighted by atomic mass is 79.9. The largest absolute Gasteiger partial charge is 0.381 e. The van der Waals surface area contributed by atoms with E-state index < -0.39 is 0 Å². The van der Waals surface area contributed by atoms with E-state index in [0.717, 1.165) is 57.3 Å². The minimum absolute atomic E-state index is 0.218. The molecule has 0 aromatic carbocycles. The normalized spacial score (nSPS) is 29.4. The highest BCUT2D eigenvalue weighted by Gasteiger charge is 2.36. The number of carbonyl (C=O) groups is 1. The zero-order chi connectivity index (χ0) is 12.3. The lowest BCUT2D eigenvalue weighted by atomic mass is 9.81. The quantitative estimate of drug-likeness (QED) is 0.750. The summed E-state index contributed by atoms with van der Waals surface area (Å²) in [5.41, 5.74) is 0.241. The maximum absolute atomic E-state index is 12.1. The summed E-state index contributed by atoms with van der Waals surface area (Å²) in [6.07, 6.45) is 4.34. The van der Waals surface area contributed by atoms with Gasteiger partial charge in [0, 0.05) is 43.0 Å². The van der Waals surface area contributed by atoms with Crippen molar-refractivity contribution < 1.29 is 9.53 Å². The molecule has 2 aliphatic rings. The third-order valence-corrected chi connectivity index (χ3v) is 5.35.